The van der Waals surface area contributed by atoms with Crippen molar-refractivity contribution < 1.29 is 14.3 Å². The second kappa shape index (κ2) is 9.89. The van der Waals surface area contributed by atoms with Crippen LogP contribution in [0.3, 0.4) is 0 Å². The lowest BCUT2D eigenvalue weighted by Gasteiger charge is -2.40. The molecular formula is C21H34N4O3S. The molecule has 7 nitrogen and oxygen atoms in total. The van der Waals surface area contributed by atoms with Gasteiger partial charge in [0.1, 0.15) is 10.6 Å². The molecule has 162 valence electrons. The van der Waals surface area contributed by atoms with Crippen LogP contribution in [-0.2, 0) is 22.5 Å². The highest BCUT2D eigenvalue weighted by Crippen LogP contribution is 2.21. The van der Waals surface area contributed by atoms with E-state index in [-0.39, 0.29) is 5.91 Å². The minimum absolute atomic E-state index is 0.152. The first-order valence-electron chi connectivity index (χ1n) is 10.7. The number of hydrogen-bond donors (Lipinski definition) is 1. The number of rotatable bonds is 5. The lowest BCUT2D eigenvalue weighted by atomic mass is 9.99. The molecule has 0 aromatic carbocycles. The molecule has 0 bridgehead atoms. The highest BCUT2D eigenvalue weighted by atomic mass is 32.1. The summed E-state index contributed by atoms with van der Waals surface area (Å²) in [6.07, 6.45) is 6.01. The van der Waals surface area contributed by atoms with Gasteiger partial charge in [-0.3, -0.25) is 4.79 Å². The monoisotopic (exact) mass is 422 g/mol. The van der Waals surface area contributed by atoms with Crippen LogP contribution in [0.15, 0.2) is 5.38 Å². The highest BCUT2D eigenvalue weighted by Gasteiger charge is 2.27. The number of carbonyl (C=O) groups is 2. The number of hydrogen-bond acceptors (Lipinski definition) is 6. The van der Waals surface area contributed by atoms with Gasteiger partial charge in [0.15, 0.2) is 0 Å². The van der Waals surface area contributed by atoms with Crippen LogP contribution in [0.4, 0.5) is 4.79 Å². The van der Waals surface area contributed by atoms with Crippen molar-refractivity contribution in [1.82, 2.24) is 20.1 Å². The van der Waals surface area contributed by atoms with Gasteiger partial charge in [-0.25, -0.2) is 9.78 Å². The third-order valence-corrected chi connectivity index (χ3v) is 6.34. The van der Waals surface area contributed by atoms with Gasteiger partial charge in [0, 0.05) is 24.5 Å². The van der Waals surface area contributed by atoms with E-state index >= 15 is 0 Å². The Kier molecular flexibility index (Phi) is 7.51. The number of nitrogens with zero attached hydrogens (tertiary/aromatic N) is 3. The van der Waals surface area contributed by atoms with E-state index in [1.54, 1.807) is 0 Å². The number of aromatic nitrogens is 1. The van der Waals surface area contributed by atoms with Gasteiger partial charge >= 0.3 is 6.09 Å². The lowest BCUT2D eigenvalue weighted by molar-refractivity contribution is -0.132. The fourth-order valence-electron chi connectivity index (χ4n) is 4.00. The van der Waals surface area contributed by atoms with E-state index in [0.29, 0.717) is 19.0 Å². The van der Waals surface area contributed by atoms with Gasteiger partial charge in [-0.05, 0) is 59.5 Å². The predicted octanol–water partition coefficient (Wildman–Crippen LogP) is 3.19. The number of alkyl carbamates (subject to hydrolysis) is 1. The van der Waals surface area contributed by atoms with Crippen LogP contribution in [0.25, 0.3) is 0 Å². The molecule has 2 fully saturated rings. The van der Waals surface area contributed by atoms with E-state index in [2.05, 4.69) is 15.2 Å². The first kappa shape index (κ1) is 22.0. The Labute approximate surface area is 177 Å². The van der Waals surface area contributed by atoms with Crippen LogP contribution >= 0.6 is 11.3 Å². The molecule has 0 atom stereocenters. The van der Waals surface area contributed by atoms with Gasteiger partial charge in [-0.1, -0.05) is 6.42 Å². The molecule has 1 N–H and O–H groups in total. The summed E-state index contributed by atoms with van der Waals surface area (Å²) in [4.78, 5) is 33.5. The second-order valence-electron chi connectivity index (χ2n) is 8.97. The quantitative estimate of drug-likeness (QED) is 0.789. The summed E-state index contributed by atoms with van der Waals surface area (Å²) in [7, 11) is 0. The molecule has 0 radical (unpaired) electrons. The van der Waals surface area contributed by atoms with Crippen LogP contribution in [0.5, 0.6) is 0 Å². The third kappa shape index (κ3) is 6.96. The van der Waals surface area contributed by atoms with Crippen molar-refractivity contribution in [3.63, 3.8) is 0 Å². The lowest BCUT2D eigenvalue weighted by Crippen LogP contribution is -2.48. The first-order chi connectivity index (χ1) is 13.8. The Morgan fingerprint density at radius 2 is 1.86 bits per heavy atom. The first-order valence-corrected chi connectivity index (χ1v) is 11.6. The van der Waals surface area contributed by atoms with E-state index in [9.17, 15) is 9.59 Å². The maximum Gasteiger partial charge on any atom is 0.408 e. The molecule has 2 saturated heterocycles. The maximum atomic E-state index is 12.7. The molecule has 0 spiro atoms. The van der Waals surface area contributed by atoms with Gasteiger partial charge in [0.2, 0.25) is 5.91 Å². The normalized spacial score (nSPS) is 19.2. The molecule has 1 aromatic heterocycles. The number of carbonyl (C=O) groups excluding carboxylic acids is 2. The number of ether oxygens (including phenoxy) is 1. The topological polar surface area (TPSA) is 74.8 Å². The molecular weight excluding hydrogens is 388 g/mol. The van der Waals surface area contributed by atoms with Crippen LogP contribution in [0.1, 0.15) is 63.6 Å². The Bertz CT molecular complexity index is 686. The van der Waals surface area contributed by atoms with Crippen molar-refractivity contribution in [3.8, 4) is 0 Å². The van der Waals surface area contributed by atoms with Crippen molar-refractivity contribution in [3.05, 3.63) is 16.1 Å². The van der Waals surface area contributed by atoms with Crippen LogP contribution < -0.4 is 5.32 Å². The molecule has 29 heavy (non-hydrogen) atoms. The summed E-state index contributed by atoms with van der Waals surface area (Å²) >= 11 is 1.46. The largest absolute Gasteiger partial charge is 0.444 e. The standard InChI is InChI=1S/C21H34N4O3S/c1-21(2,3)28-20(27)22-14-18-23-16(15-29-18)13-19(26)25-11-7-17(8-12-25)24-9-5-4-6-10-24/h15,17H,4-14H2,1-3H3,(H,22,27). The number of likely N-dealkylation sites (tertiary alicyclic amines) is 2. The maximum absolute atomic E-state index is 12.7. The fourth-order valence-corrected chi connectivity index (χ4v) is 4.74. The molecule has 0 saturated carbocycles. The fraction of sp³-hybridized carbons (Fsp3) is 0.762. The van der Waals surface area contributed by atoms with Crippen molar-refractivity contribution in [2.45, 2.75) is 77.5 Å². The minimum atomic E-state index is -0.522. The Morgan fingerprint density at radius 1 is 1.17 bits per heavy atom. The number of thiazole rings is 1. The predicted molar refractivity (Wildman–Crippen MR) is 114 cm³/mol. The Balaban J connectivity index is 1.40. The van der Waals surface area contributed by atoms with Gasteiger partial charge in [0.05, 0.1) is 18.7 Å². The molecule has 0 aliphatic carbocycles. The summed E-state index contributed by atoms with van der Waals surface area (Å²) < 4.78 is 5.23. The van der Waals surface area contributed by atoms with Crippen molar-refractivity contribution in [2.75, 3.05) is 26.2 Å². The number of nitrogens with one attached hydrogen (secondary N) is 1. The molecule has 3 heterocycles. The second-order valence-corrected chi connectivity index (χ2v) is 9.92. The summed E-state index contributed by atoms with van der Waals surface area (Å²) in [5.41, 5.74) is 0.255. The zero-order chi connectivity index (χ0) is 20.9. The summed E-state index contributed by atoms with van der Waals surface area (Å²) in [6, 6.07) is 0.643. The summed E-state index contributed by atoms with van der Waals surface area (Å²) in [5, 5.41) is 5.40. The van der Waals surface area contributed by atoms with Gasteiger partial charge in [0.25, 0.3) is 0 Å². The van der Waals surface area contributed by atoms with E-state index in [1.807, 2.05) is 31.1 Å². The third-order valence-electron chi connectivity index (χ3n) is 5.44. The summed E-state index contributed by atoms with van der Waals surface area (Å²) in [6.45, 7) is 9.93. The van der Waals surface area contributed by atoms with Gasteiger partial charge in [-0.2, -0.15) is 0 Å². The molecule has 3 rings (SSSR count). The molecule has 2 aliphatic heterocycles. The molecule has 0 unspecified atom stereocenters. The number of amides is 2. The molecule has 8 heteroatoms. The van der Waals surface area contributed by atoms with E-state index in [4.69, 9.17) is 4.74 Å². The smallest absolute Gasteiger partial charge is 0.408 e. The minimum Gasteiger partial charge on any atom is -0.444 e. The average molecular weight is 423 g/mol. The molecule has 2 amide bonds. The van der Waals surface area contributed by atoms with Crippen LogP contribution in [0, 0.1) is 0 Å². The van der Waals surface area contributed by atoms with Gasteiger partial charge < -0.3 is 19.9 Å². The molecule has 2 aliphatic rings. The van der Waals surface area contributed by atoms with Crippen LogP contribution in [-0.4, -0.2) is 64.6 Å². The van der Waals surface area contributed by atoms with Crippen molar-refractivity contribution >= 4 is 23.3 Å². The molecule has 1 aromatic rings. The highest BCUT2D eigenvalue weighted by molar-refractivity contribution is 7.09. The van der Waals surface area contributed by atoms with E-state index < -0.39 is 11.7 Å². The SMILES string of the molecule is CC(C)(C)OC(=O)NCc1nc(CC(=O)N2CCC(N3CCCCC3)CC2)cs1. The Hall–Kier alpha value is -1.67. The summed E-state index contributed by atoms with van der Waals surface area (Å²) in [5.74, 6) is 0.152. The Morgan fingerprint density at radius 3 is 2.52 bits per heavy atom. The zero-order valence-electron chi connectivity index (χ0n) is 17.9. The van der Waals surface area contributed by atoms with Crippen molar-refractivity contribution in [1.29, 1.82) is 0 Å². The van der Waals surface area contributed by atoms with E-state index in [0.717, 1.165) is 36.6 Å². The van der Waals surface area contributed by atoms with Gasteiger partial charge in [-0.15, -0.1) is 11.3 Å². The van der Waals surface area contributed by atoms with Crippen LogP contribution in [0.2, 0.25) is 0 Å². The average Bonchev–Trinajstić information content (AvgIpc) is 3.13. The van der Waals surface area contributed by atoms with Crippen molar-refractivity contribution in [2.24, 2.45) is 0 Å². The van der Waals surface area contributed by atoms with E-state index in [1.165, 1.54) is 43.7 Å². The zero-order valence-corrected chi connectivity index (χ0v) is 18.7. The number of piperidine rings is 2.